The van der Waals surface area contributed by atoms with Gasteiger partial charge in [-0.1, -0.05) is 194 Å². The van der Waals surface area contributed by atoms with Crippen molar-refractivity contribution in [3.8, 4) is 0 Å². The number of carbonyl (C=O) groups excluding carboxylic acids is 1. The van der Waals surface area contributed by atoms with E-state index in [1.54, 1.807) is 0 Å². The van der Waals surface area contributed by atoms with Crippen molar-refractivity contribution in [1.29, 1.82) is 0 Å². The molecule has 1 rings (SSSR count). The highest BCUT2D eigenvalue weighted by Gasteiger charge is 2.44. The number of ether oxygens (including phenoxy) is 4. The van der Waals surface area contributed by atoms with Crippen LogP contribution in [0.1, 0.15) is 213 Å². The molecule has 0 aromatic carbocycles. The van der Waals surface area contributed by atoms with Gasteiger partial charge in [0.15, 0.2) is 6.29 Å². The predicted molar refractivity (Wildman–Crippen MR) is 215 cm³/mol. The van der Waals surface area contributed by atoms with Crippen molar-refractivity contribution in [2.45, 2.75) is 250 Å². The lowest BCUT2D eigenvalue weighted by Crippen LogP contribution is -2.59. The number of rotatable bonds is 39. The number of hydrogen-bond acceptors (Lipinski definition) is 9. The zero-order valence-corrected chi connectivity index (χ0v) is 34.5. The zero-order chi connectivity index (χ0) is 38.6. The average molecular weight is 759 g/mol. The van der Waals surface area contributed by atoms with Crippen LogP contribution in [0.4, 0.5) is 0 Å². The van der Waals surface area contributed by atoms with E-state index in [-0.39, 0.29) is 19.2 Å². The third-order valence-electron chi connectivity index (χ3n) is 10.8. The van der Waals surface area contributed by atoms with Gasteiger partial charge in [0.1, 0.15) is 30.5 Å². The summed E-state index contributed by atoms with van der Waals surface area (Å²) in [7, 11) is 0. The number of aliphatic hydroxyl groups is 4. The lowest BCUT2D eigenvalue weighted by atomic mass is 9.99. The Morgan fingerprint density at radius 3 is 1.34 bits per heavy atom. The van der Waals surface area contributed by atoms with Gasteiger partial charge in [-0.25, -0.2) is 0 Å². The third kappa shape index (κ3) is 28.3. The van der Waals surface area contributed by atoms with E-state index < -0.39 is 43.4 Å². The molecule has 1 aliphatic rings. The normalized spacial score (nSPS) is 20.9. The molecule has 0 aliphatic carbocycles. The van der Waals surface area contributed by atoms with Gasteiger partial charge in [0.2, 0.25) is 0 Å². The molecular formula is C44H86O9. The fraction of sp³-hybridized carbons (Fsp3) is 0.977. The van der Waals surface area contributed by atoms with E-state index in [9.17, 15) is 25.2 Å². The second kappa shape index (κ2) is 36.8. The lowest BCUT2D eigenvalue weighted by molar-refractivity contribution is -0.305. The summed E-state index contributed by atoms with van der Waals surface area (Å²) in [6.45, 7) is 4.60. The quantitative estimate of drug-likeness (QED) is 0.0357. The number of hydrogen-bond donors (Lipinski definition) is 4. The van der Waals surface area contributed by atoms with Gasteiger partial charge in [-0.15, -0.1) is 0 Å². The van der Waals surface area contributed by atoms with E-state index in [1.165, 1.54) is 161 Å². The van der Waals surface area contributed by atoms with Crippen molar-refractivity contribution in [3.63, 3.8) is 0 Å². The minimum Gasteiger partial charge on any atom is -0.457 e. The van der Waals surface area contributed by atoms with E-state index in [2.05, 4.69) is 13.8 Å². The molecule has 0 spiro atoms. The van der Waals surface area contributed by atoms with Gasteiger partial charge in [-0.05, 0) is 12.8 Å². The van der Waals surface area contributed by atoms with Crippen LogP contribution in [0, 0.1) is 0 Å². The molecule has 4 N–H and O–H groups in total. The summed E-state index contributed by atoms with van der Waals surface area (Å²) in [5.74, 6) is -0.309. The van der Waals surface area contributed by atoms with Crippen LogP contribution in [0.3, 0.4) is 0 Å². The van der Waals surface area contributed by atoms with Crippen molar-refractivity contribution in [2.75, 3.05) is 26.4 Å². The van der Waals surface area contributed by atoms with Crippen LogP contribution >= 0.6 is 0 Å². The van der Waals surface area contributed by atoms with Gasteiger partial charge in [0.05, 0.1) is 19.8 Å². The Bertz CT molecular complexity index is 782. The highest BCUT2D eigenvalue weighted by atomic mass is 16.7. The minimum absolute atomic E-state index is 0.105. The molecule has 1 heterocycles. The van der Waals surface area contributed by atoms with Crippen LogP contribution in [0.5, 0.6) is 0 Å². The molecule has 0 radical (unpaired) electrons. The average Bonchev–Trinajstić information content (AvgIpc) is 3.16. The van der Waals surface area contributed by atoms with Crippen molar-refractivity contribution < 1.29 is 44.2 Å². The third-order valence-corrected chi connectivity index (χ3v) is 10.8. The van der Waals surface area contributed by atoms with Gasteiger partial charge < -0.3 is 39.4 Å². The number of aliphatic hydroxyl groups excluding tert-OH is 4. The van der Waals surface area contributed by atoms with E-state index in [4.69, 9.17) is 18.9 Å². The molecule has 6 unspecified atom stereocenters. The highest BCUT2D eigenvalue weighted by molar-refractivity contribution is 5.69. The van der Waals surface area contributed by atoms with Gasteiger partial charge in [-0.3, -0.25) is 4.79 Å². The summed E-state index contributed by atoms with van der Waals surface area (Å²) in [5.41, 5.74) is 0. The SMILES string of the molecule is CCCCCCCCCCCCCCCCCCCCOCC(COC1OC(CO)C(O)C(O)C1O)OC(=O)CCCCCCCCCCCCCC. The van der Waals surface area contributed by atoms with Crippen molar-refractivity contribution in [3.05, 3.63) is 0 Å². The second-order valence-electron chi connectivity index (χ2n) is 15.9. The fourth-order valence-corrected chi connectivity index (χ4v) is 7.20. The first-order valence-corrected chi connectivity index (χ1v) is 22.6. The minimum atomic E-state index is -1.53. The fourth-order valence-electron chi connectivity index (χ4n) is 7.20. The van der Waals surface area contributed by atoms with Crippen LogP contribution in [0.15, 0.2) is 0 Å². The molecule has 9 nitrogen and oxygen atoms in total. The molecule has 53 heavy (non-hydrogen) atoms. The first-order valence-electron chi connectivity index (χ1n) is 22.6. The monoisotopic (exact) mass is 759 g/mol. The Kier molecular flexibility index (Phi) is 34.9. The molecular weight excluding hydrogens is 672 g/mol. The van der Waals surface area contributed by atoms with E-state index >= 15 is 0 Å². The predicted octanol–water partition coefficient (Wildman–Crippen LogP) is 9.86. The van der Waals surface area contributed by atoms with E-state index in [1.807, 2.05) is 0 Å². The Labute approximate surface area is 325 Å². The number of carbonyl (C=O) groups is 1. The lowest BCUT2D eigenvalue weighted by Gasteiger charge is -2.39. The highest BCUT2D eigenvalue weighted by Crippen LogP contribution is 2.23. The van der Waals surface area contributed by atoms with Crippen molar-refractivity contribution >= 4 is 5.97 Å². The summed E-state index contributed by atoms with van der Waals surface area (Å²) in [6.07, 6.45) is 31.3. The topological polar surface area (TPSA) is 135 Å². The Hall–Kier alpha value is -0.810. The largest absolute Gasteiger partial charge is 0.457 e. The maximum absolute atomic E-state index is 12.7. The molecule has 0 bridgehead atoms. The van der Waals surface area contributed by atoms with Crippen LogP contribution < -0.4 is 0 Å². The van der Waals surface area contributed by atoms with E-state index in [0.29, 0.717) is 13.0 Å². The van der Waals surface area contributed by atoms with Gasteiger partial charge in [0.25, 0.3) is 0 Å². The van der Waals surface area contributed by atoms with Crippen LogP contribution in [0.25, 0.3) is 0 Å². The molecule has 0 aromatic heterocycles. The molecule has 9 heteroatoms. The molecule has 0 aromatic rings. The summed E-state index contributed by atoms with van der Waals surface area (Å²) < 4.78 is 22.8. The molecule has 1 saturated heterocycles. The summed E-state index contributed by atoms with van der Waals surface area (Å²) in [5, 5.41) is 40.1. The zero-order valence-electron chi connectivity index (χ0n) is 34.5. The summed E-state index contributed by atoms with van der Waals surface area (Å²) in [4.78, 5) is 12.7. The number of esters is 1. The smallest absolute Gasteiger partial charge is 0.306 e. The Morgan fingerprint density at radius 2 is 0.925 bits per heavy atom. The molecule has 1 aliphatic heterocycles. The summed E-state index contributed by atoms with van der Waals surface area (Å²) >= 11 is 0. The van der Waals surface area contributed by atoms with Gasteiger partial charge in [0, 0.05) is 13.0 Å². The Morgan fingerprint density at radius 1 is 0.528 bits per heavy atom. The molecule has 6 atom stereocenters. The maximum atomic E-state index is 12.7. The first kappa shape index (κ1) is 50.2. The van der Waals surface area contributed by atoms with Crippen LogP contribution in [-0.2, 0) is 23.7 Å². The molecule has 0 amide bonds. The summed E-state index contributed by atoms with van der Waals surface area (Å²) in [6, 6.07) is 0. The van der Waals surface area contributed by atoms with Crippen LogP contribution in [-0.4, -0.2) is 89.6 Å². The van der Waals surface area contributed by atoms with E-state index in [0.717, 1.165) is 32.1 Å². The molecule has 1 fully saturated rings. The Balaban J connectivity index is 2.22. The standard InChI is InChI=1S/C44H86O9/c1-3-5-7-9-11-13-15-17-18-19-20-21-22-24-26-28-30-32-34-50-36-38(37-51-44-43(49)42(48)41(47)39(35-45)53-44)52-40(46)33-31-29-27-25-23-16-14-12-10-8-6-4-2/h38-39,41-45,47-49H,3-37H2,1-2H3. The maximum Gasteiger partial charge on any atom is 0.306 e. The first-order chi connectivity index (χ1) is 25.9. The van der Waals surface area contributed by atoms with Gasteiger partial charge in [-0.2, -0.15) is 0 Å². The number of unbranched alkanes of at least 4 members (excludes halogenated alkanes) is 28. The van der Waals surface area contributed by atoms with Crippen molar-refractivity contribution in [1.82, 2.24) is 0 Å². The van der Waals surface area contributed by atoms with Crippen LogP contribution in [0.2, 0.25) is 0 Å². The second-order valence-corrected chi connectivity index (χ2v) is 15.9. The molecule has 0 saturated carbocycles. The van der Waals surface area contributed by atoms with Gasteiger partial charge >= 0.3 is 5.97 Å². The molecule has 316 valence electrons. The van der Waals surface area contributed by atoms with Crippen molar-refractivity contribution in [2.24, 2.45) is 0 Å².